The monoisotopic (exact) mass is 320 g/mol. The summed E-state index contributed by atoms with van der Waals surface area (Å²) in [5.74, 6) is 1.52. The number of rotatable bonds is 4. The van der Waals surface area contributed by atoms with Crippen molar-refractivity contribution in [1.82, 2.24) is 9.80 Å². The van der Waals surface area contributed by atoms with Gasteiger partial charge in [-0.3, -0.25) is 9.59 Å². The van der Waals surface area contributed by atoms with Gasteiger partial charge >= 0.3 is 0 Å². The van der Waals surface area contributed by atoms with E-state index in [-0.39, 0.29) is 17.7 Å². The first-order valence-corrected chi connectivity index (χ1v) is 9.64. The van der Waals surface area contributed by atoms with E-state index in [1.807, 2.05) is 4.90 Å². The second-order valence-corrected chi connectivity index (χ2v) is 8.23. The molecule has 0 unspecified atom stereocenters. The van der Waals surface area contributed by atoms with Gasteiger partial charge in [-0.1, -0.05) is 33.1 Å². The lowest BCUT2D eigenvalue weighted by molar-refractivity contribution is -0.137. The van der Waals surface area contributed by atoms with E-state index < -0.39 is 0 Å². The van der Waals surface area contributed by atoms with Gasteiger partial charge in [-0.15, -0.1) is 0 Å². The molecule has 3 aliphatic rings. The minimum atomic E-state index is -0.0922. The van der Waals surface area contributed by atoms with Crippen molar-refractivity contribution in [3.8, 4) is 0 Å². The lowest BCUT2D eigenvalue weighted by Crippen LogP contribution is -2.44. The zero-order chi connectivity index (χ0) is 16.4. The van der Waals surface area contributed by atoms with Gasteiger partial charge in [0, 0.05) is 32.1 Å². The molecule has 0 spiro atoms. The third-order valence-electron chi connectivity index (χ3n) is 5.93. The summed E-state index contributed by atoms with van der Waals surface area (Å²) in [4.78, 5) is 29.3. The molecule has 23 heavy (non-hydrogen) atoms. The average Bonchev–Trinajstić information content (AvgIpc) is 3.15. The fraction of sp³-hybridized carbons (Fsp3) is 0.895. The molecule has 0 radical (unpaired) electrons. The van der Waals surface area contributed by atoms with Crippen LogP contribution in [0.1, 0.15) is 65.2 Å². The summed E-state index contributed by atoms with van der Waals surface area (Å²) in [7, 11) is 0. The second kappa shape index (κ2) is 7.23. The molecule has 2 saturated heterocycles. The maximum Gasteiger partial charge on any atom is 0.228 e. The molecule has 2 atom stereocenters. The van der Waals surface area contributed by atoms with Crippen molar-refractivity contribution in [2.75, 3.05) is 19.6 Å². The number of amides is 2. The number of carbonyl (C=O) groups excluding carboxylic acids is 2. The fourth-order valence-corrected chi connectivity index (χ4v) is 4.86. The molecule has 1 aliphatic carbocycles. The molecule has 3 rings (SSSR count). The van der Waals surface area contributed by atoms with Gasteiger partial charge in [0.2, 0.25) is 11.8 Å². The SMILES string of the molecule is CC(C)CN1C[C@@H](C(=O)N2CCC[C@@H]2C2CCCCC2)CC1=O. The smallest absolute Gasteiger partial charge is 0.228 e. The maximum atomic E-state index is 13.0. The largest absolute Gasteiger partial charge is 0.342 e. The lowest BCUT2D eigenvalue weighted by atomic mass is 9.82. The van der Waals surface area contributed by atoms with Gasteiger partial charge in [0.15, 0.2) is 0 Å². The van der Waals surface area contributed by atoms with Crippen molar-refractivity contribution in [1.29, 1.82) is 0 Å². The van der Waals surface area contributed by atoms with Crippen LogP contribution in [0, 0.1) is 17.8 Å². The first-order chi connectivity index (χ1) is 11.1. The van der Waals surface area contributed by atoms with Crippen LogP contribution in [0.5, 0.6) is 0 Å². The summed E-state index contributed by atoms with van der Waals surface area (Å²) >= 11 is 0. The van der Waals surface area contributed by atoms with Crippen molar-refractivity contribution in [2.24, 2.45) is 17.8 Å². The predicted octanol–water partition coefficient (Wildman–Crippen LogP) is 3.06. The summed E-state index contributed by atoms with van der Waals surface area (Å²) < 4.78 is 0. The van der Waals surface area contributed by atoms with Crippen molar-refractivity contribution in [3.63, 3.8) is 0 Å². The number of likely N-dealkylation sites (tertiary alicyclic amines) is 2. The molecule has 0 aromatic carbocycles. The Kier molecular flexibility index (Phi) is 5.27. The van der Waals surface area contributed by atoms with Crippen LogP contribution in [0.25, 0.3) is 0 Å². The molecule has 2 aliphatic heterocycles. The molecule has 2 heterocycles. The number of nitrogens with zero attached hydrogens (tertiary/aromatic N) is 2. The first kappa shape index (κ1) is 16.8. The van der Waals surface area contributed by atoms with E-state index in [0.717, 1.165) is 19.5 Å². The minimum absolute atomic E-state index is 0.0922. The summed E-state index contributed by atoms with van der Waals surface area (Å²) in [5, 5.41) is 0. The molecule has 130 valence electrons. The van der Waals surface area contributed by atoms with Crippen LogP contribution >= 0.6 is 0 Å². The Labute approximate surface area is 140 Å². The van der Waals surface area contributed by atoms with Crippen LogP contribution in [-0.4, -0.2) is 47.3 Å². The molecule has 3 fully saturated rings. The van der Waals surface area contributed by atoms with Gasteiger partial charge in [-0.05, 0) is 37.5 Å². The highest BCUT2D eigenvalue weighted by molar-refractivity contribution is 5.89. The number of hydrogen-bond donors (Lipinski definition) is 0. The van der Waals surface area contributed by atoms with Crippen molar-refractivity contribution in [3.05, 3.63) is 0 Å². The molecule has 4 heteroatoms. The third kappa shape index (κ3) is 3.72. The Bertz CT molecular complexity index is 443. The third-order valence-corrected chi connectivity index (χ3v) is 5.93. The molecule has 0 aromatic rings. The Hall–Kier alpha value is -1.06. The van der Waals surface area contributed by atoms with Gasteiger partial charge in [-0.25, -0.2) is 0 Å². The normalized spacial score (nSPS) is 29.8. The molecule has 0 N–H and O–H groups in total. The van der Waals surface area contributed by atoms with E-state index in [9.17, 15) is 9.59 Å². The van der Waals surface area contributed by atoms with Crippen molar-refractivity contribution >= 4 is 11.8 Å². The van der Waals surface area contributed by atoms with Gasteiger partial charge < -0.3 is 9.80 Å². The Balaban J connectivity index is 1.61. The highest BCUT2D eigenvalue weighted by Crippen LogP contribution is 2.35. The van der Waals surface area contributed by atoms with Crippen molar-refractivity contribution in [2.45, 2.75) is 71.3 Å². The first-order valence-electron chi connectivity index (χ1n) is 9.64. The van der Waals surface area contributed by atoms with Gasteiger partial charge in [0.25, 0.3) is 0 Å². The van der Waals surface area contributed by atoms with Gasteiger partial charge in [0.05, 0.1) is 5.92 Å². The molecular weight excluding hydrogens is 288 g/mol. The van der Waals surface area contributed by atoms with Crippen LogP contribution < -0.4 is 0 Å². The average molecular weight is 320 g/mol. The zero-order valence-electron chi connectivity index (χ0n) is 14.8. The van der Waals surface area contributed by atoms with Crippen LogP contribution in [0.2, 0.25) is 0 Å². The Morgan fingerprint density at radius 2 is 1.87 bits per heavy atom. The van der Waals surface area contributed by atoms with E-state index >= 15 is 0 Å². The standard InChI is InChI=1S/C19H32N2O2/c1-14(2)12-20-13-16(11-18(20)22)19(23)21-10-6-9-17(21)15-7-4-3-5-8-15/h14-17H,3-13H2,1-2H3/t16-,17+/m0/s1. The summed E-state index contributed by atoms with van der Waals surface area (Å²) in [5.41, 5.74) is 0. The highest BCUT2D eigenvalue weighted by Gasteiger charge is 2.41. The van der Waals surface area contributed by atoms with E-state index in [1.165, 1.54) is 38.5 Å². The van der Waals surface area contributed by atoms with E-state index in [4.69, 9.17) is 0 Å². The molecule has 4 nitrogen and oxygen atoms in total. The molecule has 1 saturated carbocycles. The Morgan fingerprint density at radius 3 is 2.57 bits per heavy atom. The predicted molar refractivity (Wildman–Crippen MR) is 90.8 cm³/mol. The highest BCUT2D eigenvalue weighted by atomic mass is 16.2. The second-order valence-electron chi connectivity index (χ2n) is 8.23. The van der Waals surface area contributed by atoms with Crippen LogP contribution in [0.4, 0.5) is 0 Å². The van der Waals surface area contributed by atoms with E-state index in [0.29, 0.717) is 30.8 Å². The maximum absolute atomic E-state index is 13.0. The van der Waals surface area contributed by atoms with Crippen molar-refractivity contribution < 1.29 is 9.59 Å². The molecule has 0 bridgehead atoms. The minimum Gasteiger partial charge on any atom is -0.342 e. The summed E-state index contributed by atoms with van der Waals surface area (Å²) in [6.45, 7) is 6.59. The van der Waals surface area contributed by atoms with Crippen LogP contribution in [0.15, 0.2) is 0 Å². The van der Waals surface area contributed by atoms with E-state index in [1.54, 1.807) is 0 Å². The number of hydrogen-bond acceptors (Lipinski definition) is 2. The molecule has 2 amide bonds. The summed E-state index contributed by atoms with van der Waals surface area (Å²) in [6.07, 6.45) is 9.34. The zero-order valence-corrected chi connectivity index (χ0v) is 14.8. The summed E-state index contributed by atoms with van der Waals surface area (Å²) in [6, 6.07) is 0.456. The van der Waals surface area contributed by atoms with E-state index in [2.05, 4.69) is 18.7 Å². The van der Waals surface area contributed by atoms with Crippen LogP contribution in [0.3, 0.4) is 0 Å². The molecule has 0 aromatic heterocycles. The topological polar surface area (TPSA) is 40.6 Å². The quantitative estimate of drug-likeness (QED) is 0.799. The van der Waals surface area contributed by atoms with Gasteiger partial charge in [-0.2, -0.15) is 0 Å². The molecular formula is C19H32N2O2. The fourth-order valence-electron chi connectivity index (χ4n) is 4.86. The lowest BCUT2D eigenvalue weighted by Gasteiger charge is -2.35. The van der Waals surface area contributed by atoms with Crippen LogP contribution in [-0.2, 0) is 9.59 Å². The van der Waals surface area contributed by atoms with Gasteiger partial charge in [0.1, 0.15) is 0 Å². The Morgan fingerprint density at radius 1 is 1.13 bits per heavy atom. The number of carbonyl (C=O) groups is 2.